The molecule has 3 rings (SSSR count). The van der Waals surface area contributed by atoms with Gasteiger partial charge in [-0.05, 0) is 24.0 Å². The zero-order valence-electron chi connectivity index (χ0n) is 11.9. The Morgan fingerprint density at radius 3 is 2.62 bits per heavy atom. The van der Waals surface area contributed by atoms with Crippen molar-refractivity contribution >= 4 is 11.9 Å². The summed E-state index contributed by atoms with van der Waals surface area (Å²) in [7, 11) is 0. The molecule has 1 aromatic carbocycles. The number of aliphatic carboxylic acids is 1. The van der Waals surface area contributed by atoms with Gasteiger partial charge in [0.15, 0.2) is 0 Å². The standard InChI is InChI=1S/C16H20N2O3/c19-15(7-8-17-13-5-6-13)18-10-12-4-2-1-3-11(12)9-14(18)16(20)21/h1-4,13-14,17H,5-10H2,(H,20,21). The summed E-state index contributed by atoms with van der Waals surface area (Å²) < 4.78 is 0. The molecule has 0 bridgehead atoms. The molecular weight excluding hydrogens is 268 g/mol. The Bertz CT molecular complexity index is 554. The third-order valence-corrected chi connectivity index (χ3v) is 4.20. The van der Waals surface area contributed by atoms with Gasteiger partial charge in [-0.15, -0.1) is 0 Å². The number of carboxylic acid groups (broad SMARTS) is 1. The van der Waals surface area contributed by atoms with Crippen LogP contribution in [0.25, 0.3) is 0 Å². The minimum atomic E-state index is -0.923. The molecule has 0 saturated heterocycles. The van der Waals surface area contributed by atoms with E-state index in [0.717, 1.165) is 11.1 Å². The lowest BCUT2D eigenvalue weighted by Gasteiger charge is -2.34. The first kappa shape index (κ1) is 14.1. The number of nitrogens with one attached hydrogen (secondary N) is 1. The molecule has 2 N–H and O–H groups in total. The number of rotatable bonds is 5. The number of benzene rings is 1. The number of carbonyl (C=O) groups is 2. The number of hydrogen-bond acceptors (Lipinski definition) is 3. The fourth-order valence-electron chi connectivity index (χ4n) is 2.82. The normalized spacial score (nSPS) is 21.0. The number of amides is 1. The van der Waals surface area contributed by atoms with E-state index < -0.39 is 12.0 Å². The smallest absolute Gasteiger partial charge is 0.326 e. The summed E-state index contributed by atoms with van der Waals surface area (Å²) in [5, 5.41) is 12.7. The van der Waals surface area contributed by atoms with Crippen LogP contribution >= 0.6 is 0 Å². The van der Waals surface area contributed by atoms with E-state index in [-0.39, 0.29) is 5.91 Å². The highest BCUT2D eigenvalue weighted by Crippen LogP contribution is 2.24. The van der Waals surface area contributed by atoms with Gasteiger partial charge in [0.25, 0.3) is 0 Å². The molecule has 0 spiro atoms. The number of hydrogen-bond donors (Lipinski definition) is 2. The van der Waals surface area contributed by atoms with E-state index in [1.807, 2.05) is 24.3 Å². The van der Waals surface area contributed by atoms with Gasteiger partial charge in [-0.1, -0.05) is 24.3 Å². The number of carboxylic acids is 1. The maximum Gasteiger partial charge on any atom is 0.326 e. The van der Waals surface area contributed by atoms with Gasteiger partial charge in [0.05, 0.1) is 0 Å². The van der Waals surface area contributed by atoms with E-state index >= 15 is 0 Å². The summed E-state index contributed by atoms with van der Waals surface area (Å²) in [5.41, 5.74) is 2.09. The molecule has 1 fully saturated rings. The molecule has 1 aliphatic heterocycles. The average molecular weight is 288 g/mol. The summed E-state index contributed by atoms with van der Waals surface area (Å²) in [6.07, 6.45) is 3.13. The molecule has 1 unspecified atom stereocenters. The third kappa shape index (κ3) is 3.24. The Hall–Kier alpha value is -1.88. The molecule has 0 aromatic heterocycles. The first-order valence-electron chi connectivity index (χ1n) is 7.47. The van der Waals surface area contributed by atoms with Gasteiger partial charge in [0.2, 0.25) is 5.91 Å². The van der Waals surface area contributed by atoms with Crippen LogP contribution in [-0.2, 0) is 22.6 Å². The van der Waals surface area contributed by atoms with Crippen LogP contribution in [0.3, 0.4) is 0 Å². The van der Waals surface area contributed by atoms with Crippen LogP contribution in [0, 0.1) is 0 Å². The molecule has 0 radical (unpaired) electrons. The highest BCUT2D eigenvalue weighted by Gasteiger charge is 2.34. The van der Waals surface area contributed by atoms with E-state index in [1.165, 1.54) is 17.7 Å². The molecule has 1 atom stereocenters. The van der Waals surface area contributed by atoms with Crippen molar-refractivity contribution in [3.05, 3.63) is 35.4 Å². The number of nitrogens with zero attached hydrogens (tertiary/aromatic N) is 1. The molecule has 5 nitrogen and oxygen atoms in total. The Labute approximate surface area is 123 Å². The summed E-state index contributed by atoms with van der Waals surface area (Å²) in [4.78, 5) is 25.3. The molecule has 1 aromatic rings. The summed E-state index contributed by atoms with van der Waals surface area (Å²) in [6.45, 7) is 1.03. The lowest BCUT2D eigenvalue weighted by molar-refractivity contribution is -0.151. The van der Waals surface area contributed by atoms with Crippen LogP contribution in [-0.4, -0.2) is 40.5 Å². The predicted octanol–water partition coefficient (Wildman–Crippen LogP) is 1.17. The van der Waals surface area contributed by atoms with Crippen LogP contribution in [0.5, 0.6) is 0 Å². The molecule has 1 aliphatic carbocycles. The quantitative estimate of drug-likeness (QED) is 0.853. The average Bonchev–Trinajstić information content (AvgIpc) is 3.30. The van der Waals surface area contributed by atoms with Crippen LogP contribution in [0.2, 0.25) is 0 Å². The number of carbonyl (C=O) groups excluding carboxylic acids is 1. The minimum Gasteiger partial charge on any atom is -0.480 e. The highest BCUT2D eigenvalue weighted by atomic mass is 16.4. The molecule has 112 valence electrons. The first-order chi connectivity index (χ1) is 10.1. The Kier molecular flexibility index (Phi) is 3.92. The lowest BCUT2D eigenvalue weighted by Crippen LogP contribution is -2.49. The van der Waals surface area contributed by atoms with Crippen molar-refractivity contribution in [1.82, 2.24) is 10.2 Å². The zero-order chi connectivity index (χ0) is 14.8. The molecular formula is C16H20N2O3. The van der Waals surface area contributed by atoms with E-state index in [4.69, 9.17) is 0 Å². The van der Waals surface area contributed by atoms with E-state index in [9.17, 15) is 14.7 Å². The SMILES string of the molecule is O=C(O)C1Cc2ccccc2CN1C(=O)CCNC1CC1. The first-order valence-corrected chi connectivity index (χ1v) is 7.47. The fourth-order valence-corrected chi connectivity index (χ4v) is 2.82. The largest absolute Gasteiger partial charge is 0.480 e. The maximum absolute atomic E-state index is 12.3. The van der Waals surface area contributed by atoms with Gasteiger partial charge in [-0.2, -0.15) is 0 Å². The third-order valence-electron chi connectivity index (χ3n) is 4.20. The minimum absolute atomic E-state index is 0.0787. The van der Waals surface area contributed by atoms with Crippen molar-refractivity contribution in [3.8, 4) is 0 Å². The van der Waals surface area contributed by atoms with Gasteiger partial charge in [0, 0.05) is 32.0 Å². The maximum atomic E-state index is 12.3. The van der Waals surface area contributed by atoms with Crippen molar-refractivity contribution in [1.29, 1.82) is 0 Å². The second-order valence-electron chi connectivity index (χ2n) is 5.83. The van der Waals surface area contributed by atoms with Crippen molar-refractivity contribution < 1.29 is 14.7 Å². The Balaban J connectivity index is 1.68. The Morgan fingerprint density at radius 2 is 1.95 bits per heavy atom. The zero-order valence-corrected chi connectivity index (χ0v) is 11.9. The van der Waals surface area contributed by atoms with Crippen LogP contribution in [0.4, 0.5) is 0 Å². The second kappa shape index (κ2) is 5.85. The molecule has 5 heteroatoms. The molecule has 1 heterocycles. The monoisotopic (exact) mass is 288 g/mol. The summed E-state index contributed by atoms with van der Waals surface area (Å²) in [6, 6.07) is 7.58. The van der Waals surface area contributed by atoms with E-state index in [0.29, 0.717) is 32.0 Å². The van der Waals surface area contributed by atoms with E-state index in [1.54, 1.807) is 0 Å². The molecule has 1 amide bonds. The molecule has 2 aliphatic rings. The summed E-state index contributed by atoms with van der Waals surface area (Å²) >= 11 is 0. The topological polar surface area (TPSA) is 69.6 Å². The van der Waals surface area contributed by atoms with Crippen LogP contribution in [0.15, 0.2) is 24.3 Å². The predicted molar refractivity (Wildman–Crippen MR) is 77.8 cm³/mol. The van der Waals surface area contributed by atoms with Gasteiger partial charge < -0.3 is 15.3 Å². The van der Waals surface area contributed by atoms with Crippen LogP contribution < -0.4 is 5.32 Å². The number of fused-ring (bicyclic) bond motifs is 1. The van der Waals surface area contributed by atoms with Crippen LogP contribution in [0.1, 0.15) is 30.4 Å². The van der Waals surface area contributed by atoms with Gasteiger partial charge in [-0.25, -0.2) is 4.79 Å². The highest BCUT2D eigenvalue weighted by molar-refractivity contribution is 5.84. The fraction of sp³-hybridized carbons (Fsp3) is 0.500. The summed E-state index contributed by atoms with van der Waals surface area (Å²) in [5.74, 6) is -1.00. The van der Waals surface area contributed by atoms with Gasteiger partial charge in [-0.3, -0.25) is 4.79 Å². The molecule has 1 saturated carbocycles. The van der Waals surface area contributed by atoms with Crippen molar-refractivity contribution in [2.75, 3.05) is 6.54 Å². The lowest BCUT2D eigenvalue weighted by atomic mass is 9.93. The van der Waals surface area contributed by atoms with Crippen molar-refractivity contribution in [3.63, 3.8) is 0 Å². The van der Waals surface area contributed by atoms with E-state index in [2.05, 4.69) is 5.32 Å². The molecule has 21 heavy (non-hydrogen) atoms. The van der Waals surface area contributed by atoms with Crippen molar-refractivity contribution in [2.24, 2.45) is 0 Å². The van der Waals surface area contributed by atoms with Gasteiger partial charge >= 0.3 is 5.97 Å². The van der Waals surface area contributed by atoms with Crippen molar-refractivity contribution in [2.45, 2.75) is 44.3 Å². The Morgan fingerprint density at radius 1 is 1.24 bits per heavy atom. The van der Waals surface area contributed by atoms with Gasteiger partial charge in [0.1, 0.15) is 6.04 Å². The second-order valence-corrected chi connectivity index (χ2v) is 5.83.